The van der Waals surface area contributed by atoms with Crippen LogP contribution >= 0.6 is 0 Å². The van der Waals surface area contributed by atoms with Crippen LogP contribution < -0.4 is 10.3 Å². The molecule has 1 N–H and O–H groups in total. The first-order valence-corrected chi connectivity index (χ1v) is 8.91. The first-order valence-electron chi connectivity index (χ1n) is 8.91. The quantitative estimate of drug-likeness (QED) is 0.640. The van der Waals surface area contributed by atoms with Crippen molar-refractivity contribution in [1.82, 2.24) is 5.43 Å². The zero-order valence-electron chi connectivity index (χ0n) is 14.9. The molecule has 2 amide bonds. The van der Waals surface area contributed by atoms with Crippen molar-refractivity contribution < 1.29 is 9.59 Å². The third-order valence-electron chi connectivity index (χ3n) is 4.46. The van der Waals surface area contributed by atoms with Gasteiger partial charge in [0.2, 0.25) is 5.91 Å². The van der Waals surface area contributed by atoms with Crippen LogP contribution in [0.25, 0.3) is 0 Å². The van der Waals surface area contributed by atoms with Crippen LogP contribution in [0, 0.1) is 0 Å². The third kappa shape index (κ3) is 4.57. The number of anilines is 1. The van der Waals surface area contributed by atoms with Gasteiger partial charge in [0.25, 0.3) is 5.91 Å². The second-order valence-corrected chi connectivity index (χ2v) is 6.47. The molecule has 0 aliphatic carbocycles. The van der Waals surface area contributed by atoms with Crippen LogP contribution in [-0.4, -0.2) is 24.1 Å². The van der Waals surface area contributed by atoms with E-state index in [0.717, 1.165) is 30.7 Å². The lowest BCUT2D eigenvalue weighted by Crippen LogP contribution is -2.24. The topological polar surface area (TPSA) is 61.8 Å². The number of carbonyl (C=O) groups excluding carboxylic acids is 2. The van der Waals surface area contributed by atoms with Crippen molar-refractivity contribution in [1.29, 1.82) is 0 Å². The molecular formula is C21H23N3O2. The number of rotatable bonds is 6. The number of benzene rings is 2. The van der Waals surface area contributed by atoms with Gasteiger partial charge in [-0.15, -0.1) is 0 Å². The fourth-order valence-electron chi connectivity index (χ4n) is 2.97. The summed E-state index contributed by atoms with van der Waals surface area (Å²) < 4.78 is 0. The monoisotopic (exact) mass is 349 g/mol. The van der Waals surface area contributed by atoms with Crippen LogP contribution in [0.15, 0.2) is 59.7 Å². The van der Waals surface area contributed by atoms with Gasteiger partial charge in [0, 0.05) is 29.9 Å². The van der Waals surface area contributed by atoms with Gasteiger partial charge in [-0.05, 0) is 49.9 Å². The summed E-state index contributed by atoms with van der Waals surface area (Å²) in [6.07, 6.45) is 3.10. The number of hydrazone groups is 1. The molecule has 3 rings (SSSR count). The van der Waals surface area contributed by atoms with Crippen molar-refractivity contribution in [2.24, 2.45) is 5.10 Å². The summed E-state index contributed by atoms with van der Waals surface area (Å²) in [5, 5.41) is 4.19. The second-order valence-electron chi connectivity index (χ2n) is 6.47. The van der Waals surface area contributed by atoms with Crippen LogP contribution in [0.2, 0.25) is 0 Å². The maximum Gasteiger partial charge on any atom is 0.271 e. The summed E-state index contributed by atoms with van der Waals surface area (Å²) in [5.41, 5.74) is 5.99. The standard InChI is InChI=1S/C21H23N3O2/c1-16(12-13-17-7-3-2-4-8-17)22-23-21(26)18-9-5-10-19(15-18)24-14-6-11-20(24)25/h2-5,7-10,15H,6,11-14H2,1H3,(H,23,26)/b22-16-. The molecule has 0 radical (unpaired) electrons. The Hall–Kier alpha value is -2.95. The molecule has 2 aromatic rings. The Morgan fingerprint density at radius 2 is 1.96 bits per heavy atom. The van der Waals surface area contributed by atoms with Gasteiger partial charge in [0.15, 0.2) is 0 Å². The van der Waals surface area contributed by atoms with E-state index in [4.69, 9.17) is 0 Å². The fourth-order valence-corrected chi connectivity index (χ4v) is 2.97. The van der Waals surface area contributed by atoms with Gasteiger partial charge >= 0.3 is 0 Å². The minimum Gasteiger partial charge on any atom is -0.312 e. The van der Waals surface area contributed by atoms with Crippen LogP contribution in [0.3, 0.4) is 0 Å². The Bertz CT molecular complexity index is 815. The zero-order valence-corrected chi connectivity index (χ0v) is 14.9. The Labute approximate surface area is 153 Å². The molecule has 1 aliphatic rings. The Kier molecular flexibility index (Phi) is 5.79. The highest BCUT2D eigenvalue weighted by molar-refractivity contribution is 5.99. The predicted molar refractivity (Wildman–Crippen MR) is 103 cm³/mol. The molecule has 1 heterocycles. The summed E-state index contributed by atoms with van der Waals surface area (Å²) in [7, 11) is 0. The second kappa shape index (κ2) is 8.43. The number of carbonyl (C=O) groups is 2. The van der Waals surface area contributed by atoms with E-state index in [0.29, 0.717) is 18.5 Å². The summed E-state index contributed by atoms with van der Waals surface area (Å²) in [6, 6.07) is 17.3. The molecule has 134 valence electrons. The van der Waals surface area contributed by atoms with Gasteiger partial charge in [-0.2, -0.15) is 5.10 Å². The molecule has 0 aromatic heterocycles. The van der Waals surface area contributed by atoms with E-state index in [1.165, 1.54) is 5.56 Å². The van der Waals surface area contributed by atoms with E-state index < -0.39 is 0 Å². The minimum absolute atomic E-state index is 0.109. The van der Waals surface area contributed by atoms with Crippen LogP contribution in [0.1, 0.15) is 42.1 Å². The highest BCUT2D eigenvalue weighted by Gasteiger charge is 2.22. The van der Waals surface area contributed by atoms with Crippen molar-refractivity contribution in [2.75, 3.05) is 11.4 Å². The SMILES string of the molecule is C/C(CCc1ccccc1)=N/NC(=O)c1cccc(N2CCCC2=O)c1. The predicted octanol–water partition coefficient (Wildman–Crippen LogP) is 3.55. The van der Waals surface area contributed by atoms with Crippen LogP contribution in [0.4, 0.5) is 5.69 Å². The van der Waals surface area contributed by atoms with E-state index in [-0.39, 0.29) is 11.8 Å². The van der Waals surface area contributed by atoms with Crippen molar-refractivity contribution in [3.8, 4) is 0 Å². The number of aryl methyl sites for hydroxylation is 1. The number of hydrogen-bond acceptors (Lipinski definition) is 3. The molecule has 1 aliphatic heterocycles. The number of nitrogens with one attached hydrogen (secondary N) is 1. The number of nitrogens with zero attached hydrogens (tertiary/aromatic N) is 2. The molecular weight excluding hydrogens is 326 g/mol. The van der Waals surface area contributed by atoms with Crippen LogP contribution in [0.5, 0.6) is 0 Å². The number of hydrogen-bond donors (Lipinski definition) is 1. The fraction of sp³-hybridized carbons (Fsp3) is 0.286. The van der Waals surface area contributed by atoms with Crippen LogP contribution in [-0.2, 0) is 11.2 Å². The maximum absolute atomic E-state index is 12.4. The van der Waals surface area contributed by atoms with Gasteiger partial charge in [-0.25, -0.2) is 5.43 Å². The van der Waals surface area contributed by atoms with E-state index in [1.54, 1.807) is 23.1 Å². The highest BCUT2D eigenvalue weighted by atomic mass is 16.2. The molecule has 0 unspecified atom stereocenters. The van der Waals surface area contributed by atoms with E-state index in [1.807, 2.05) is 31.2 Å². The molecule has 5 heteroatoms. The Balaban J connectivity index is 1.58. The largest absolute Gasteiger partial charge is 0.312 e. The lowest BCUT2D eigenvalue weighted by molar-refractivity contribution is -0.117. The van der Waals surface area contributed by atoms with Crippen molar-refractivity contribution >= 4 is 23.2 Å². The molecule has 5 nitrogen and oxygen atoms in total. The Morgan fingerprint density at radius 3 is 2.69 bits per heavy atom. The zero-order chi connectivity index (χ0) is 18.4. The molecule has 0 atom stereocenters. The lowest BCUT2D eigenvalue weighted by atomic mass is 10.1. The smallest absolute Gasteiger partial charge is 0.271 e. The van der Waals surface area contributed by atoms with Crippen molar-refractivity contribution in [3.63, 3.8) is 0 Å². The normalized spacial score (nSPS) is 14.6. The molecule has 0 bridgehead atoms. The van der Waals surface area contributed by atoms with Gasteiger partial charge in [0.05, 0.1) is 0 Å². The molecule has 0 saturated carbocycles. The molecule has 26 heavy (non-hydrogen) atoms. The van der Waals surface area contributed by atoms with Gasteiger partial charge in [-0.1, -0.05) is 36.4 Å². The first kappa shape index (κ1) is 17.9. The summed E-state index contributed by atoms with van der Waals surface area (Å²) in [4.78, 5) is 25.9. The van der Waals surface area contributed by atoms with Gasteiger partial charge in [-0.3, -0.25) is 9.59 Å². The molecule has 0 spiro atoms. The lowest BCUT2D eigenvalue weighted by Gasteiger charge is -2.16. The van der Waals surface area contributed by atoms with Crippen molar-refractivity contribution in [3.05, 3.63) is 65.7 Å². The first-order chi connectivity index (χ1) is 12.6. The highest BCUT2D eigenvalue weighted by Crippen LogP contribution is 2.22. The molecule has 1 fully saturated rings. The van der Waals surface area contributed by atoms with Gasteiger partial charge < -0.3 is 4.90 Å². The Morgan fingerprint density at radius 1 is 1.15 bits per heavy atom. The molecule has 2 aromatic carbocycles. The van der Waals surface area contributed by atoms with E-state index in [9.17, 15) is 9.59 Å². The average molecular weight is 349 g/mol. The summed E-state index contributed by atoms with van der Waals surface area (Å²) in [6.45, 7) is 2.61. The minimum atomic E-state index is -0.266. The summed E-state index contributed by atoms with van der Waals surface area (Å²) >= 11 is 0. The third-order valence-corrected chi connectivity index (χ3v) is 4.46. The summed E-state index contributed by atoms with van der Waals surface area (Å²) in [5.74, 6) is -0.158. The number of amides is 2. The van der Waals surface area contributed by atoms with E-state index >= 15 is 0 Å². The average Bonchev–Trinajstić information content (AvgIpc) is 3.11. The van der Waals surface area contributed by atoms with Crippen molar-refractivity contribution in [2.45, 2.75) is 32.6 Å². The maximum atomic E-state index is 12.4. The van der Waals surface area contributed by atoms with Gasteiger partial charge in [0.1, 0.15) is 0 Å². The van der Waals surface area contributed by atoms with E-state index in [2.05, 4.69) is 22.7 Å². The molecule has 1 saturated heterocycles.